The zero-order chi connectivity index (χ0) is 22.4. The van der Waals surface area contributed by atoms with Crippen LogP contribution in [-0.4, -0.2) is 22.9 Å². The molecule has 1 heterocycles. The van der Waals surface area contributed by atoms with E-state index in [1.54, 1.807) is 26.2 Å². The maximum absolute atomic E-state index is 13.0. The van der Waals surface area contributed by atoms with E-state index >= 15 is 0 Å². The van der Waals surface area contributed by atoms with Gasteiger partial charge in [0.1, 0.15) is 11.4 Å². The van der Waals surface area contributed by atoms with Crippen molar-refractivity contribution in [3.8, 4) is 5.75 Å². The van der Waals surface area contributed by atoms with Gasteiger partial charge in [0.15, 0.2) is 10.9 Å². The summed E-state index contributed by atoms with van der Waals surface area (Å²) in [5.41, 5.74) is 3.54. The first kappa shape index (κ1) is 22.6. The van der Waals surface area contributed by atoms with Crippen LogP contribution in [0.15, 0.2) is 59.8 Å². The number of ether oxygens (including phenoxy) is 1. The summed E-state index contributed by atoms with van der Waals surface area (Å²) < 4.78 is 31.4. The van der Waals surface area contributed by atoms with E-state index < -0.39 is 6.43 Å². The number of hydrogen-bond donors (Lipinski definition) is 0. The van der Waals surface area contributed by atoms with E-state index in [0.29, 0.717) is 22.8 Å². The van der Waals surface area contributed by atoms with Crippen molar-refractivity contribution >= 4 is 23.6 Å². The van der Waals surface area contributed by atoms with E-state index in [9.17, 15) is 13.6 Å². The quantitative estimate of drug-likeness (QED) is 0.180. The van der Waals surface area contributed by atoms with Gasteiger partial charge in [-0.2, -0.15) is 0 Å². The lowest BCUT2D eigenvalue weighted by Gasteiger charge is -2.10. The SMILES string of the molecule is COc1ccc(/C=C/C(=O)c2cccc(C)c2)cc1CSc1nc(C)cc(C(F)F)n1. The molecule has 0 aliphatic rings. The van der Waals surface area contributed by atoms with Crippen molar-refractivity contribution in [1.82, 2.24) is 9.97 Å². The molecule has 0 spiro atoms. The van der Waals surface area contributed by atoms with Crippen molar-refractivity contribution in [2.75, 3.05) is 7.11 Å². The monoisotopic (exact) mass is 440 g/mol. The molecule has 0 aliphatic carbocycles. The molecule has 2 aromatic carbocycles. The van der Waals surface area contributed by atoms with Gasteiger partial charge in [0, 0.05) is 22.6 Å². The highest BCUT2D eigenvalue weighted by Gasteiger charge is 2.13. The molecule has 0 unspecified atom stereocenters. The average molecular weight is 441 g/mol. The molecule has 0 saturated heterocycles. The summed E-state index contributed by atoms with van der Waals surface area (Å²) in [5.74, 6) is 1.02. The van der Waals surface area contributed by atoms with Crippen molar-refractivity contribution in [3.63, 3.8) is 0 Å². The number of thioether (sulfide) groups is 1. The van der Waals surface area contributed by atoms with Gasteiger partial charge in [0.25, 0.3) is 6.43 Å². The number of ketones is 1. The molecule has 31 heavy (non-hydrogen) atoms. The van der Waals surface area contributed by atoms with Crippen LogP contribution >= 0.6 is 11.8 Å². The minimum atomic E-state index is -2.64. The summed E-state index contributed by atoms with van der Waals surface area (Å²) in [4.78, 5) is 20.6. The average Bonchev–Trinajstić information content (AvgIpc) is 2.75. The van der Waals surface area contributed by atoms with Gasteiger partial charge in [-0.05, 0) is 49.8 Å². The van der Waals surface area contributed by atoms with Gasteiger partial charge < -0.3 is 4.74 Å². The molecule has 0 radical (unpaired) electrons. The Morgan fingerprint density at radius 2 is 1.94 bits per heavy atom. The van der Waals surface area contributed by atoms with Crippen molar-refractivity contribution in [3.05, 3.63) is 88.2 Å². The summed E-state index contributed by atoms with van der Waals surface area (Å²) in [6, 6.07) is 14.3. The van der Waals surface area contributed by atoms with Crippen LogP contribution in [0.3, 0.4) is 0 Å². The minimum absolute atomic E-state index is 0.0804. The van der Waals surface area contributed by atoms with E-state index in [2.05, 4.69) is 9.97 Å². The van der Waals surface area contributed by atoms with E-state index in [1.807, 2.05) is 43.3 Å². The Labute approximate surface area is 184 Å². The van der Waals surface area contributed by atoms with Crippen molar-refractivity contribution in [2.45, 2.75) is 31.2 Å². The molecular formula is C24H22F2N2O2S. The fourth-order valence-electron chi connectivity index (χ4n) is 2.96. The number of aryl methyl sites for hydroxylation is 2. The number of benzene rings is 2. The van der Waals surface area contributed by atoms with Gasteiger partial charge in [0.2, 0.25) is 0 Å². The Morgan fingerprint density at radius 1 is 1.13 bits per heavy atom. The minimum Gasteiger partial charge on any atom is -0.496 e. The molecular weight excluding hydrogens is 418 g/mol. The molecule has 0 amide bonds. The first-order valence-electron chi connectivity index (χ1n) is 9.58. The highest BCUT2D eigenvalue weighted by atomic mass is 32.2. The number of nitrogens with zero attached hydrogens (tertiary/aromatic N) is 2. The van der Waals surface area contributed by atoms with Gasteiger partial charge in [-0.25, -0.2) is 18.7 Å². The number of carbonyl (C=O) groups is 1. The summed E-state index contributed by atoms with van der Waals surface area (Å²) >= 11 is 1.25. The molecule has 0 fully saturated rings. The lowest BCUT2D eigenvalue weighted by Crippen LogP contribution is -1.98. The molecule has 3 rings (SSSR count). The lowest BCUT2D eigenvalue weighted by molar-refractivity contribution is 0.104. The standard InChI is InChI=1S/C24H22F2N2O2S/c1-15-5-4-6-18(11-15)21(29)9-7-17-8-10-22(30-3)19(13-17)14-31-24-27-16(2)12-20(28-24)23(25)26/h4-13,23H,14H2,1-3H3/b9-7+. The first-order chi connectivity index (χ1) is 14.9. The van der Waals surface area contributed by atoms with E-state index in [1.165, 1.54) is 23.9 Å². The third kappa shape index (κ3) is 6.21. The maximum atomic E-state index is 13.0. The van der Waals surface area contributed by atoms with Gasteiger partial charge in [-0.3, -0.25) is 4.79 Å². The van der Waals surface area contributed by atoms with Crippen molar-refractivity contribution in [2.24, 2.45) is 0 Å². The number of allylic oxidation sites excluding steroid dienone is 1. The predicted molar refractivity (Wildman–Crippen MR) is 119 cm³/mol. The molecule has 1 aromatic heterocycles. The highest BCUT2D eigenvalue weighted by molar-refractivity contribution is 7.98. The van der Waals surface area contributed by atoms with E-state index in [-0.39, 0.29) is 16.6 Å². The number of alkyl halides is 2. The smallest absolute Gasteiger partial charge is 0.280 e. The summed E-state index contributed by atoms with van der Waals surface area (Å²) in [6.07, 6.45) is 0.637. The molecule has 7 heteroatoms. The maximum Gasteiger partial charge on any atom is 0.280 e. The molecule has 0 N–H and O–H groups in total. The first-order valence-corrected chi connectivity index (χ1v) is 10.6. The second-order valence-corrected chi connectivity index (χ2v) is 7.89. The molecule has 3 aromatic rings. The Kier molecular flexibility index (Phi) is 7.52. The molecule has 0 bridgehead atoms. The molecule has 4 nitrogen and oxygen atoms in total. The third-order valence-electron chi connectivity index (χ3n) is 4.47. The van der Waals surface area contributed by atoms with Crippen LogP contribution in [0.2, 0.25) is 0 Å². The van der Waals surface area contributed by atoms with Crippen molar-refractivity contribution in [1.29, 1.82) is 0 Å². The van der Waals surface area contributed by atoms with Crippen LogP contribution < -0.4 is 4.74 Å². The molecule has 0 atom stereocenters. The Hall–Kier alpha value is -3.06. The van der Waals surface area contributed by atoms with Crippen LogP contribution in [0.1, 0.15) is 44.9 Å². The fourth-order valence-corrected chi connectivity index (χ4v) is 3.85. The largest absolute Gasteiger partial charge is 0.496 e. The van der Waals surface area contributed by atoms with Gasteiger partial charge in [-0.15, -0.1) is 0 Å². The van der Waals surface area contributed by atoms with Gasteiger partial charge >= 0.3 is 0 Å². The van der Waals surface area contributed by atoms with Crippen LogP contribution in [0.25, 0.3) is 6.08 Å². The number of rotatable bonds is 8. The normalized spacial score (nSPS) is 11.3. The van der Waals surface area contributed by atoms with Crippen molar-refractivity contribution < 1.29 is 18.3 Å². The predicted octanol–water partition coefficient (Wildman–Crippen LogP) is 6.23. The zero-order valence-electron chi connectivity index (χ0n) is 17.4. The second-order valence-electron chi connectivity index (χ2n) is 6.94. The lowest BCUT2D eigenvalue weighted by atomic mass is 10.1. The third-order valence-corrected chi connectivity index (χ3v) is 5.36. The summed E-state index contributed by atoms with van der Waals surface area (Å²) in [5, 5.41) is 0.285. The Morgan fingerprint density at radius 3 is 2.65 bits per heavy atom. The van der Waals surface area contributed by atoms with Gasteiger partial charge in [-0.1, -0.05) is 47.7 Å². The number of halogens is 2. The van der Waals surface area contributed by atoms with E-state index in [4.69, 9.17) is 4.74 Å². The topological polar surface area (TPSA) is 52.1 Å². The number of aromatic nitrogens is 2. The number of carbonyl (C=O) groups excluding carboxylic acids is 1. The van der Waals surface area contributed by atoms with Gasteiger partial charge in [0.05, 0.1) is 7.11 Å². The number of hydrogen-bond acceptors (Lipinski definition) is 5. The summed E-state index contributed by atoms with van der Waals surface area (Å²) in [6.45, 7) is 3.60. The zero-order valence-corrected chi connectivity index (χ0v) is 18.2. The molecule has 0 aliphatic heterocycles. The van der Waals surface area contributed by atoms with Crippen LogP contribution in [0, 0.1) is 13.8 Å². The fraction of sp³-hybridized carbons (Fsp3) is 0.208. The Balaban J connectivity index is 1.77. The Bertz CT molecular complexity index is 1120. The second kappa shape index (κ2) is 10.3. The number of methoxy groups -OCH3 is 1. The molecule has 160 valence electrons. The van der Waals surface area contributed by atoms with E-state index in [0.717, 1.165) is 16.7 Å². The van der Waals surface area contributed by atoms with Crippen LogP contribution in [0.5, 0.6) is 5.75 Å². The summed E-state index contributed by atoms with van der Waals surface area (Å²) in [7, 11) is 1.57. The van der Waals surface area contributed by atoms with Crippen LogP contribution in [0.4, 0.5) is 8.78 Å². The van der Waals surface area contributed by atoms with Crippen LogP contribution in [-0.2, 0) is 5.75 Å². The highest BCUT2D eigenvalue weighted by Crippen LogP contribution is 2.29. The molecule has 0 saturated carbocycles.